The van der Waals surface area contributed by atoms with Crippen molar-refractivity contribution in [3.8, 4) is 11.8 Å². The summed E-state index contributed by atoms with van der Waals surface area (Å²) in [5.41, 5.74) is 0.963. The second-order valence-corrected chi connectivity index (χ2v) is 4.85. The molecular formula is C11H8ClIN2O. The van der Waals surface area contributed by atoms with Crippen LogP contribution in [0.5, 0.6) is 11.8 Å². The van der Waals surface area contributed by atoms with Crippen LogP contribution < -0.4 is 4.74 Å². The van der Waals surface area contributed by atoms with Gasteiger partial charge in [0.2, 0.25) is 0 Å². The van der Waals surface area contributed by atoms with Crippen molar-refractivity contribution in [2.45, 2.75) is 6.92 Å². The quantitative estimate of drug-likeness (QED) is 0.775. The molecule has 16 heavy (non-hydrogen) atoms. The van der Waals surface area contributed by atoms with Gasteiger partial charge < -0.3 is 4.74 Å². The molecule has 1 aromatic carbocycles. The van der Waals surface area contributed by atoms with Gasteiger partial charge in [-0.3, -0.25) is 0 Å². The first-order chi connectivity index (χ1) is 7.65. The van der Waals surface area contributed by atoms with Crippen LogP contribution in [0.1, 0.15) is 5.56 Å². The minimum atomic E-state index is 0.335. The lowest BCUT2D eigenvalue weighted by molar-refractivity contribution is 0.441. The van der Waals surface area contributed by atoms with Crippen LogP contribution in [0.2, 0.25) is 5.02 Å². The van der Waals surface area contributed by atoms with Gasteiger partial charge in [-0.25, -0.2) is 9.97 Å². The van der Waals surface area contributed by atoms with Gasteiger partial charge in [-0.2, -0.15) is 0 Å². The fraction of sp³-hybridized carbons (Fsp3) is 0.0909. The number of hydrogen-bond acceptors (Lipinski definition) is 3. The average Bonchev–Trinajstić information content (AvgIpc) is 2.27. The summed E-state index contributed by atoms with van der Waals surface area (Å²) in [6.45, 7) is 1.92. The molecule has 0 saturated heterocycles. The number of aryl methyl sites for hydroxylation is 1. The number of nitrogens with zero attached hydrogens (tertiary/aromatic N) is 2. The highest BCUT2D eigenvalue weighted by Crippen LogP contribution is 2.23. The number of benzene rings is 1. The summed E-state index contributed by atoms with van der Waals surface area (Å²) >= 11 is 8.06. The Morgan fingerprint density at radius 1 is 1.25 bits per heavy atom. The highest BCUT2D eigenvalue weighted by Gasteiger charge is 2.02. The standard InChI is InChI=1S/C11H8ClIN2O/c1-7-4-9(2-3-10(7)12)16-11-14-5-8(13)6-15-11/h2-6H,1H3. The molecule has 1 heterocycles. The van der Waals surface area contributed by atoms with E-state index in [-0.39, 0.29) is 0 Å². The van der Waals surface area contributed by atoms with E-state index in [9.17, 15) is 0 Å². The van der Waals surface area contributed by atoms with E-state index in [0.29, 0.717) is 11.8 Å². The summed E-state index contributed by atoms with van der Waals surface area (Å²) in [6, 6.07) is 5.77. The lowest BCUT2D eigenvalue weighted by Gasteiger charge is -2.05. The molecule has 0 radical (unpaired) electrons. The van der Waals surface area contributed by atoms with Crippen LogP contribution in [-0.2, 0) is 0 Å². The lowest BCUT2D eigenvalue weighted by Crippen LogP contribution is -1.92. The normalized spacial score (nSPS) is 10.2. The average molecular weight is 347 g/mol. The molecule has 0 aliphatic carbocycles. The third-order valence-electron chi connectivity index (χ3n) is 1.94. The van der Waals surface area contributed by atoms with E-state index < -0.39 is 0 Å². The molecule has 3 nitrogen and oxygen atoms in total. The fourth-order valence-electron chi connectivity index (χ4n) is 1.14. The van der Waals surface area contributed by atoms with Crippen molar-refractivity contribution in [3.05, 3.63) is 44.7 Å². The molecule has 0 aliphatic heterocycles. The van der Waals surface area contributed by atoms with E-state index >= 15 is 0 Å². The smallest absolute Gasteiger partial charge is 0.321 e. The molecule has 0 bridgehead atoms. The van der Waals surface area contributed by atoms with Crippen LogP contribution >= 0.6 is 34.2 Å². The molecular weight excluding hydrogens is 338 g/mol. The van der Waals surface area contributed by atoms with E-state index in [0.717, 1.165) is 14.2 Å². The zero-order chi connectivity index (χ0) is 11.5. The van der Waals surface area contributed by atoms with Gasteiger partial charge in [0.1, 0.15) is 5.75 Å². The Kier molecular flexibility index (Phi) is 3.60. The number of hydrogen-bond donors (Lipinski definition) is 0. The van der Waals surface area contributed by atoms with Crippen LogP contribution in [0.25, 0.3) is 0 Å². The maximum Gasteiger partial charge on any atom is 0.321 e. The van der Waals surface area contributed by atoms with Crippen LogP contribution in [0.15, 0.2) is 30.6 Å². The molecule has 0 amide bonds. The fourth-order valence-corrected chi connectivity index (χ4v) is 1.54. The van der Waals surface area contributed by atoms with Crippen molar-refractivity contribution in [1.29, 1.82) is 0 Å². The maximum absolute atomic E-state index is 5.92. The largest absolute Gasteiger partial charge is 0.424 e. The van der Waals surface area contributed by atoms with Crippen molar-refractivity contribution in [3.63, 3.8) is 0 Å². The molecule has 5 heteroatoms. The molecule has 2 rings (SSSR count). The highest BCUT2D eigenvalue weighted by atomic mass is 127. The molecule has 0 saturated carbocycles. The number of halogens is 2. The zero-order valence-corrected chi connectivity index (χ0v) is 11.4. The van der Waals surface area contributed by atoms with Crippen LogP contribution in [-0.4, -0.2) is 9.97 Å². The molecule has 1 aromatic heterocycles. The second kappa shape index (κ2) is 4.97. The van der Waals surface area contributed by atoms with Crippen LogP contribution in [0, 0.1) is 10.5 Å². The van der Waals surface area contributed by atoms with Gasteiger partial charge in [0.25, 0.3) is 0 Å². The van der Waals surface area contributed by atoms with Gasteiger partial charge in [0, 0.05) is 21.0 Å². The number of rotatable bonds is 2. The highest BCUT2D eigenvalue weighted by molar-refractivity contribution is 14.1. The minimum Gasteiger partial charge on any atom is -0.424 e. The van der Waals surface area contributed by atoms with Gasteiger partial charge in [-0.15, -0.1) is 0 Å². The Labute approximate surface area is 112 Å². The van der Waals surface area contributed by atoms with Crippen molar-refractivity contribution in [2.75, 3.05) is 0 Å². The van der Waals surface area contributed by atoms with Gasteiger partial charge in [0.15, 0.2) is 0 Å². The predicted molar refractivity (Wildman–Crippen MR) is 71.0 cm³/mol. The summed E-state index contributed by atoms with van der Waals surface area (Å²) in [7, 11) is 0. The van der Waals surface area contributed by atoms with E-state index in [1.807, 2.05) is 13.0 Å². The topological polar surface area (TPSA) is 35.0 Å². The van der Waals surface area contributed by atoms with E-state index in [2.05, 4.69) is 32.6 Å². The van der Waals surface area contributed by atoms with Crippen LogP contribution in [0.3, 0.4) is 0 Å². The summed E-state index contributed by atoms with van der Waals surface area (Å²) in [6.07, 6.45) is 3.40. The zero-order valence-electron chi connectivity index (χ0n) is 8.45. The Balaban J connectivity index is 2.20. The van der Waals surface area contributed by atoms with Crippen molar-refractivity contribution in [2.24, 2.45) is 0 Å². The number of aromatic nitrogens is 2. The summed E-state index contributed by atoms with van der Waals surface area (Å²) in [5.74, 6) is 0.683. The van der Waals surface area contributed by atoms with Gasteiger partial charge >= 0.3 is 6.01 Å². The number of ether oxygens (including phenoxy) is 1. The van der Waals surface area contributed by atoms with Crippen molar-refractivity contribution >= 4 is 34.2 Å². The summed E-state index contributed by atoms with van der Waals surface area (Å²) < 4.78 is 6.45. The van der Waals surface area contributed by atoms with E-state index in [4.69, 9.17) is 16.3 Å². The van der Waals surface area contributed by atoms with Crippen molar-refractivity contribution in [1.82, 2.24) is 9.97 Å². The predicted octanol–water partition coefficient (Wildman–Crippen LogP) is 3.84. The first-order valence-corrected chi connectivity index (χ1v) is 6.02. The minimum absolute atomic E-state index is 0.335. The molecule has 0 aliphatic rings. The molecule has 0 spiro atoms. The Morgan fingerprint density at radius 2 is 1.94 bits per heavy atom. The first kappa shape index (κ1) is 11.6. The molecule has 0 N–H and O–H groups in total. The monoisotopic (exact) mass is 346 g/mol. The second-order valence-electron chi connectivity index (χ2n) is 3.20. The Bertz CT molecular complexity index is 502. The third-order valence-corrected chi connectivity index (χ3v) is 2.92. The molecule has 0 atom stereocenters. The molecule has 82 valence electrons. The molecule has 2 aromatic rings. The molecule has 0 unspecified atom stereocenters. The lowest BCUT2D eigenvalue weighted by atomic mass is 10.2. The van der Waals surface area contributed by atoms with Crippen LogP contribution in [0.4, 0.5) is 0 Å². The molecule has 0 fully saturated rings. The van der Waals surface area contributed by atoms with Gasteiger partial charge in [0.05, 0.1) is 0 Å². The van der Waals surface area contributed by atoms with Crippen molar-refractivity contribution < 1.29 is 4.74 Å². The third kappa shape index (κ3) is 2.82. The summed E-state index contributed by atoms with van der Waals surface area (Å²) in [5, 5.41) is 0.718. The van der Waals surface area contributed by atoms with E-state index in [1.54, 1.807) is 24.5 Å². The van der Waals surface area contributed by atoms with Gasteiger partial charge in [-0.05, 0) is 53.3 Å². The maximum atomic E-state index is 5.92. The Hall–Kier alpha value is -0.880. The van der Waals surface area contributed by atoms with Gasteiger partial charge in [-0.1, -0.05) is 11.6 Å². The SMILES string of the molecule is Cc1cc(Oc2ncc(I)cn2)ccc1Cl. The first-order valence-electron chi connectivity index (χ1n) is 4.57. The van der Waals surface area contributed by atoms with E-state index in [1.165, 1.54) is 0 Å². The summed E-state index contributed by atoms with van der Waals surface area (Å²) in [4.78, 5) is 8.10. The Morgan fingerprint density at radius 3 is 2.56 bits per heavy atom.